The topological polar surface area (TPSA) is 91.2 Å². The van der Waals surface area contributed by atoms with E-state index < -0.39 is 6.10 Å². The third-order valence-electron chi connectivity index (χ3n) is 5.56. The Balaban J connectivity index is 0.00000385. The van der Waals surface area contributed by atoms with E-state index in [0.29, 0.717) is 29.1 Å². The predicted molar refractivity (Wildman–Crippen MR) is 143 cm³/mol. The van der Waals surface area contributed by atoms with Crippen molar-refractivity contribution in [3.8, 4) is 11.5 Å². The number of anilines is 1. The molecule has 0 aliphatic carbocycles. The molecule has 1 atom stereocenters. The summed E-state index contributed by atoms with van der Waals surface area (Å²) in [6.45, 7) is 6.93. The summed E-state index contributed by atoms with van der Waals surface area (Å²) in [6.07, 6.45) is 1.23. The number of aromatic nitrogens is 1. The number of piperidine rings is 1. The third-order valence-corrected chi connectivity index (χ3v) is 5.56. The van der Waals surface area contributed by atoms with E-state index in [4.69, 9.17) is 9.47 Å². The molecule has 0 amide bonds. The number of aliphatic imine (C=N–C) groups is 1. The van der Waals surface area contributed by atoms with Gasteiger partial charge in [-0.25, -0.2) is 4.98 Å². The number of aliphatic hydroxyl groups excluding tert-OH is 1. The van der Waals surface area contributed by atoms with Crippen LogP contribution in [-0.2, 0) is 0 Å². The second kappa shape index (κ2) is 13.4. The first-order valence-electron chi connectivity index (χ1n) is 11.2. The number of benzene rings is 1. The van der Waals surface area contributed by atoms with E-state index in [1.54, 1.807) is 32.4 Å². The van der Waals surface area contributed by atoms with Gasteiger partial charge in [0.1, 0.15) is 17.3 Å². The van der Waals surface area contributed by atoms with Crippen molar-refractivity contribution in [2.75, 3.05) is 45.3 Å². The van der Waals surface area contributed by atoms with Gasteiger partial charge in [0.15, 0.2) is 5.96 Å². The zero-order chi connectivity index (χ0) is 22.9. The van der Waals surface area contributed by atoms with Crippen LogP contribution in [0, 0.1) is 6.92 Å². The van der Waals surface area contributed by atoms with E-state index >= 15 is 0 Å². The molecule has 1 unspecified atom stereocenters. The van der Waals surface area contributed by atoms with E-state index in [1.807, 2.05) is 19.9 Å². The van der Waals surface area contributed by atoms with Crippen LogP contribution >= 0.6 is 24.0 Å². The van der Waals surface area contributed by atoms with Gasteiger partial charge < -0.3 is 30.1 Å². The number of nitrogens with one attached hydrogen (secondary N) is 2. The molecule has 0 radical (unpaired) electrons. The molecule has 33 heavy (non-hydrogen) atoms. The molecular formula is C24H36IN5O3. The quantitative estimate of drug-likeness (QED) is 0.256. The molecule has 1 aliphatic rings. The van der Waals surface area contributed by atoms with E-state index in [1.165, 1.54) is 0 Å². The molecule has 0 bridgehead atoms. The van der Waals surface area contributed by atoms with Gasteiger partial charge >= 0.3 is 0 Å². The van der Waals surface area contributed by atoms with Crippen molar-refractivity contribution < 1.29 is 14.6 Å². The summed E-state index contributed by atoms with van der Waals surface area (Å²) in [7, 11) is 3.19. The number of methoxy groups -OCH3 is 2. The number of hydrogen-bond donors (Lipinski definition) is 3. The van der Waals surface area contributed by atoms with E-state index in [-0.39, 0.29) is 30.5 Å². The molecule has 3 N–H and O–H groups in total. The standard InChI is InChI=1S/C24H35N5O3.HI/c1-5-25-24(26-16-22(30)18-13-20(31-3)15-21(14-18)32-4)28-19-9-11-29(12-10-19)23-8-6-7-17(2)27-23;/h6-8,13-15,19,22,30H,5,9-12,16H2,1-4H3,(H2,25,26,28);1H. The number of ether oxygens (including phenoxy) is 2. The van der Waals surface area contributed by atoms with Gasteiger partial charge in [0.25, 0.3) is 0 Å². The van der Waals surface area contributed by atoms with Crippen molar-refractivity contribution in [1.29, 1.82) is 0 Å². The Morgan fingerprint density at radius 3 is 2.42 bits per heavy atom. The third kappa shape index (κ3) is 7.92. The van der Waals surface area contributed by atoms with Gasteiger partial charge in [0.05, 0.1) is 26.9 Å². The van der Waals surface area contributed by atoms with Crippen LogP contribution in [0.25, 0.3) is 0 Å². The van der Waals surface area contributed by atoms with Gasteiger partial charge in [-0.2, -0.15) is 0 Å². The Morgan fingerprint density at radius 2 is 1.85 bits per heavy atom. The zero-order valence-electron chi connectivity index (χ0n) is 19.9. The monoisotopic (exact) mass is 569 g/mol. The van der Waals surface area contributed by atoms with Crippen LogP contribution in [0.5, 0.6) is 11.5 Å². The number of hydrogen-bond acceptors (Lipinski definition) is 6. The average molecular weight is 569 g/mol. The first kappa shape index (κ1) is 27.0. The highest BCUT2D eigenvalue weighted by Gasteiger charge is 2.21. The van der Waals surface area contributed by atoms with E-state index in [0.717, 1.165) is 44.0 Å². The van der Waals surface area contributed by atoms with Gasteiger partial charge in [-0.3, -0.25) is 4.99 Å². The van der Waals surface area contributed by atoms with Crippen molar-refractivity contribution in [2.24, 2.45) is 4.99 Å². The molecule has 1 aromatic heterocycles. The number of halogens is 1. The number of pyridine rings is 1. The molecule has 182 valence electrons. The van der Waals surface area contributed by atoms with Crippen molar-refractivity contribution in [3.63, 3.8) is 0 Å². The van der Waals surface area contributed by atoms with Gasteiger partial charge in [-0.05, 0) is 56.5 Å². The molecule has 1 saturated heterocycles. The zero-order valence-corrected chi connectivity index (χ0v) is 22.2. The maximum Gasteiger partial charge on any atom is 0.191 e. The number of aliphatic hydroxyl groups is 1. The second-order valence-corrected chi connectivity index (χ2v) is 7.92. The summed E-state index contributed by atoms with van der Waals surface area (Å²) in [5.41, 5.74) is 1.75. The normalized spacial score (nSPS) is 15.4. The summed E-state index contributed by atoms with van der Waals surface area (Å²) in [4.78, 5) is 11.6. The van der Waals surface area contributed by atoms with Gasteiger partial charge in [0.2, 0.25) is 0 Å². The Hall–Kier alpha value is -2.27. The fraction of sp³-hybridized carbons (Fsp3) is 0.500. The molecule has 1 fully saturated rings. The SMILES string of the molecule is CCNC(=NCC(O)c1cc(OC)cc(OC)c1)NC1CCN(c2cccc(C)n2)CC1.I. The van der Waals surface area contributed by atoms with Crippen LogP contribution in [0.3, 0.4) is 0 Å². The summed E-state index contributed by atoms with van der Waals surface area (Å²) in [5, 5.41) is 17.5. The Morgan fingerprint density at radius 1 is 1.18 bits per heavy atom. The van der Waals surface area contributed by atoms with Crippen LogP contribution in [0.15, 0.2) is 41.4 Å². The predicted octanol–water partition coefficient (Wildman–Crippen LogP) is 3.28. The van der Waals surface area contributed by atoms with Crippen LogP contribution in [-0.4, -0.2) is 62.5 Å². The molecule has 2 heterocycles. The van der Waals surface area contributed by atoms with E-state index in [9.17, 15) is 5.11 Å². The number of nitrogens with zero attached hydrogens (tertiary/aromatic N) is 3. The highest BCUT2D eigenvalue weighted by molar-refractivity contribution is 14.0. The molecule has 0 spiro atoms. The lowest BCUT2D eigenvalue weighted by atomic mass is 10.1. The minimum absolute atomic E-state index is 0. The van der Waals surface area contributed by atoms with Crippen LogP contribution < -0.4 is 25.0 Å². The lowest BCUT2D eigenvalue weighted by Crippen LogP contribution is -2.49. The van der Waals surface area contributed by atoms with Crippen molar-refractivity contribution in [3.05, 3.63) is 47.7 Å². The number of rotatable bonds is 8. The van der Waals surface area contributed by atoms with Crippen LogP contribution in [0.2, 0.25) is 0 Å². The minimum Gasteiger partial charge on any atom is -0.497 e. The van der Waals surface area contributed by atoms with Crippen LogP contribution in [0.1, 0.15) is 37.1 Å². The average Bonchev–Trinajstić information content (AvgIpc) is 2.82. The molecule has 3 rings (SSSR count). The molecule has 1 aromatic carbocycles. The van der Waals surface area contributed by atoms with Crippen molar-refractivity contribution in [1.82, 2.24) is 15.6 Å². The molecule has 1 aliphatic heterocycles. The Bertz CT molecular complexity index is 881. The number of guanidine groups is 1. The van der Waals surface area contributed by atoms with Crippen molar-refractivity contribution >= 4 is 35.8 Å². The van der Waals surface area contributed by atoms with Gasteiger partial charge in [-0.1, -0.05) is 6.07 Å². The summed E-state index contributed by atoms with van der Waals surface area (Å²) in [6, 6.07) is 11.9. The summed E-state index contributed by atoms with van der Waals surface area (Å²) < 4.78 is 10.6. The Labute approximate surface area is 213 Å². The van der Waals surface area contributed by atoms with Gasteiger partial charge in [0, 0.05) is 37.4 Å². The maximum atomic E-state index is 10.7. The molecule has 2 aromatic rings. The van der Waals surface area contributed by atoms with Crippen LogP contribution in [0.4, 0.5) is 5.82 Å². The first-order chi connectivity index (χ1) is 15.5. The van der Waals surface area contributed by atoms with Crippen molar-refractivity contribution in [2.45, 2.75) is 38.8 Å². The van der Waals surface area contributed by atoms with Gasteiger partial charge in [-0.15, -0.1) is 24.0 Å². The maximum absolute atomic E-state index is 10.7. The highest BCUT2D eigenvalue weighted by Crippen LogP contribution is 2.26. The first-order valence-corrected chi connectivity index (χ1v) is 11.2. The lowest BCUT2D eigenvalue weighted by Gasteiger charge is -2.34. The minimum atomic E-state index is -0.760. The largest absolute Gasteiger partial charge is 0.497 e. The molecule has 8 nitrogen and oxygen atoms in total. The molecule has 0 saturated carbocycles. The molecular weight excluding hydrogens is 533 g/mol. The van der Waals surface area contributed by atoms with E-state index in [2.05, 4.69) is 37.6 Å². The smallest absolute Gasteiger partial charge is 0.191 e. The number of aryl methyl sites for hydroxylation is 1. The fourth-order valence-electron chi connectivity index (χ4n) is 3.78. The summed E-state index contributed by atoms with van der Waals surface area (Å²) >= 11 is 0. The molecule has 9 heteroatoms. The summed E-state index contributed by atoms with van der Waals surface area (Å²) in [5.74, 6) is 3.04. The Kier molecular flexibility index (Phi) is 11.0. The lowest BCUT2D eigenvalue weighted by molar-refractivity contribution is 0.186. The fourth-order valence-corrected chi connectivity index (χ4v) is 3.78. The highest BCUT2D eigenvalue weighted by atomic mass is 127. The second-order valence-electron chi connectivity index (χ2n) is 7.92.